The Morgan fingerprint density at radius 3 is 2.57 bits per heavy atom. The number of anilines is 1. The second-order valence-electron chi connectivity index (χ2n) is 8.12. The second kappa shape index (κ2) is 6.56. The molecule has 30 heavy (non-hydrogen) atoms. The molecule has 0 radical (unpaired) electrons. The molecular weight excluding hydrogens is 421 g/mol. The number of rotatable bonds is 4. The summed E-state index contributed by atoms with van der Waals surface area (Å²) in [5.41, 5.74) is -1.12. The van der Waals surface area contributed by atoms with Gasteiger partial charge in [-0.15, -0.1) is 24.5 Å². The smallest absolute Gasteiger partial charge is 0.422 e. The molecule has 3 aliphatic heterocycles. The largest absolute Gasteiger partial charge is 0.573 e. The Balaban J connectivity index is 1.73. The molecule has 11 heteroatoms. The first-order valence-corrected chi connectivity index (χ1v) is 10.3. The number of oxazole rings is 1. The molecule has 3 aliphatic rings. The molecule has 2 unspecified atom stereocenters. The van der Waals surface area contributed by atoms with Gasteiger partial charge in [0.25, 0.3) is 6.01 Å². The molecule has 3 aromatic rings. The molecule has 0 spiro atoms. The SMILES string of the molecule is CC(C)(O)c1cc(-c2nccs2)c2oc(N3CC4CC(C3)N4)nc2c1OC(F)(F)F. The second-order valence-corrected chi connectivity index (χ2v) is 9.01. The van der Waals surface area contributed by atoms with Gasteiger partial charge in [-0.1, -0.05) is 0 Å². The number of aliphatic hydroxyl groups is 1. The molecule has 2 atom stereocenters. The molecular formula is C19H19F3N4O3S. The van der Waals surface area contributed by atoms with E-state index in [0.29, 0.717) is 35.7 Å². The van der Waals surface area contributed by atoms with Crippen molar-refractivity contribution < 1.29 is 27.4 Å². The molecule has 1 aromatic carbocycles. The van der Waals surface area contributed by atoms with E-state index >= 15 is 0 Å². The number of alkyl halides is 3. The van der Waals surface area contributed by atoms with Crippen LogP contribution in [-0.2, 0) is 5.60 Å². The van der Waals surface area contributed by atoms with Crippen molar-refractivity contribution in [2.45, 2.75) is 44.3 Å². The zero-order valence-electron chi connectivity index (χ0n) is 16.2. The summed E-state index contributed by atoms with van der Waals surface area (Å²) in [7, 11) is 0. The summed E-state index contributed by atoms with van der Waals surface area (Å²) in [6.45, 7) is 4.11. The van der Waals surface area contributed by atoms with Crippen molar-refractivity contribution in [2.24, 2.45) is 0 Å². The van der Waals surface area contributed by atoms with Gasteiger partial charge in [0.2, 0.25) is 0 Å². The van der Waals surface area contributed by atoms with E-state index in [0.717, 1.165) is 6.42 Å². The van der Waals surface area contributed by atoms with Gasteiger partial charge < -0.3 is 24.5 Å². The average Bonchev–Trinajstić information content (AvgIpc) is 3.29. The van der Waals surface area contributed by atoms with Crippen LogP contribution in [0, 0.1) is 0 Å². The Labute approximate surface area is 173 Å². The summed E-state index contributed by atoms with van der Waals surface area (Å²) >= 11 is 1.31. The van der Waals surface area contributed by atoms with Gasteiger partial charge in [0.15, 0.2) is 16.8 Å². The van der Waals surface area contributed by atoms with E-state index in [-0.39, 0.29) is 22.7 Å². The number of thiazole rings is 1. The number of nitrogens with one attached hydrogen (secondary N) is 1. The van der Waals surface area contributed by atoms with Crippen molar-refractivity contribution in [3.8, 4) is 16.3 Å². The van der Waals surface area contributed by atoms with Crippen molar-refractivity contribution in [1.29, 1.82) is 0 Å². The Morgan fingerprint density at radius 2 is 2.00 bits per heavy atom. The highest BCUT2D eigenvalue weighted by atomic mass is 32.1. The van der Waals surface area contributed by atoms with Crippen molar-refractivity contribution in [3.05, 3.63) is 23.2 Å². The standard InChI is InChI=1S/C19H19F3N4O3S/c1-18(2,27)12-6-11(16-23-3-4-30-16)14-13(15(12)29-19(20,21)22)25-17(28-14)26-7-9-5-10(8-26)24-9/h3-4,6,9-10,24,27H,5,7-8H2,1-2H3. The van der Waals surface area contributed by atoms with E-state index < -0.39 is 17.7 Å². The van der Waals surface area contributed by atoms with Gasteiger partial charge in [-0.2, -0.15) is 4.98 Å². The number of halogens is 3. The fraction of sp³-hybridized carbons (Fsp3) is 0.474. The van der Waals surface area contributed by atoms with E-state index in [9.17, 15) is 18.3 Å². The minimum Gasteiger partial charge on any atom is -0.422 e. The van der Waals surface area contributed by atoms with Gasteiger partial charge >= 0.3 is 6.36 Å². The highest BCUT2D eigenvalue weighted by Crippen LogP contribution is 2.45. The minimum atomic E-state index is -4.95. The summed E-state index contributed by atoms with van der Waals surface area (Å²) in [6.07, 6.45) is -2.30. The third kappa shape index (κ3) is 3.40. The Hall–Kier alpha value is -2.37. The highest BCUT2D eigenvalue weighted by molar-refractivity contribution is 7.13. The van der Waals surface area contributed by atoms with Crippen LogP contribution in [0.5, 0.6) is 5.75 Å². The number of hydrogen-bond donors (Lipinski definition) is 2. The van der Waals surface area contributed by atoms with Crippen LogP contribution < -0.4 is 15.0 Å². The number of piperazine rings is 1. The van der Waals surface area contributed by atoms with Gasteiger partial charge in [-0.05, 0) is 26.3 Å². The number of ether oxygens (including phenoxy) is 1. The molecule has 5 heterocycles. The van der Waals surface area contributed by atoms with Crippen molar-refractivity contribution in [2.75, 3.05) is 18.0 Å². The van der Waals surface area contributed by atoms with Crippen LogP contribution in [-0.4, -0.2) is 46.6 Å². The van der Waals surface area contributed by atoms with E-state index in [1.807, 2.05) is 4.90 Å². The van der Waals surface area contributed by atoms with Gasteiger partial charge in [0.1, 0.15) is 5.01 Å². The lowest BCUT2D eigenvalue weighted by Gasteiger charge is -2.47. The lowest BCUT2D eigenvalue weighted by atomic mass is 9.92. The molecule has 0 aliphatic carbocycles. The van der Waals surface area contributed by atoms with Gasteiger partial charge in [0, 0.05) is 42.3 Å². The molecule has 0 amide bonds. The maximum Gasteiger partial charge on any atom is 0.573 e. The van der Waals surface area contributed by atoms with Gasteiger partial charge in [-0.25, -0.2) is 4.98 Å². The fourth-order valence-electron chi connectivity index (χ4n) is 4.04. The summed E-state index contributed by atoms with van der Waals surface area (Å²) in [5, 5.41) is 16.3. The van der Waals surface area contributed by atoms with Crippen LogP contribution in [0.4, 0.5) is 19.2 Å². The molecule has 2 bridgehead atoms. The summed E-state index contributed by atoms with van der Waals surface area (Å²) in [4.78, 5) is 10.6. The van der Waals surface area contributed by atoms with Crippen LogP contribution in [0.15, 0.2) is 22.1 Å². The predicted octanol–water partition coefficient (Wildman–Crippen LogP) is 3.63. The normalized spacial score (nSPS) is 21.7. The van der Waals surface area contributed by atoms with Crippen LogP contribution in [0.2, 0.25) is 0 Å². The van der Waals surface area contributed by atoms with Crippen LogP contribution >= 0.6 is 11.3 Å². The number of benzene rings is 1. The average molecular weight is 440 g/mol. The van der Waals surface area contributed by atoms with E-state index in [2.05, 4.69) is 20.0 Å². The summed E-state index contributed by atoms with van der Waals surface area (Å²) < 4.78 is 50.0. The molecule has 3 fully saturated rings. The van der Waals surface area contributed by atoms with E-state index in [1.54, 1.807) is 11.6 Å². The van der Waals surface area contributed by atoms with Crippen LogP contribution in [0.3, 0.4) is 0 Å². The minimum absolute atomic E-state index is 0.0412. The number of hydrogen-bond acceptors (Lipinski definition) is 8. The zero-order chi connectivity index (χ0) is 21.3. The molecule has 0 saturated carbocycles. The number of aromatic nitrogens is 2. The van der Waals surface area contributed by atoms with Gasteiger partial charge in [-0.3, -0.25) is 0 Å². The Bertz CT molecular complexity index is 1080. The summed E-state index contributed by atoms with van der Waals surface area (Å²) in [6, 6.07) is 2.30. The third-order valence-corrected chi connectivity index (χ3v) is 6.15. The quantitative estimate of drug-likeness (QED) is 0.641. The van der Waals surface area contributed by atoms with E-state index in [1.165, 1.54) is 31.3 Å². The fourth-order valence-corrected chi connectivity index (χ4v) is 4.69. The molecule has 160 valence electrons. The van der Waals surface area contributed by atoms with Gasteiger partial charge in [0.05, 0.1) is 11.2 Å². The first-order valence-electron chi connectivity index (χ1n) is 9.45. The first kappa shape index (κ1) is 19.6. The Kier molecular flexibility index (Phi) is 4.28. The number of piperidine rings is 1. The molecule has 6 rings (SSSR count). The highest BCUT2D eigenvalue weighted by Gasteiger charge is 2.40. The zero-order valence-corrected chi connectivity index (χ0v) is 17.0. The molecule has 7 nitrogen and oxygen atoms in total. The molecule has 2 N–H and O–H groups in total. The molecule has 3 saturated heterocycles. The van der Waals surface area contributed by atoms with Crippen LogP contribution in [0.1, 0.15) is 25.8 Å². The lowest BCUT2D eigenvalue weighted by molar-refractivity contribution is -0.274. The number of nitrogens with zero attached hydrogens (tertiary/aromatic N) is 3. The maximum absolute atomic E-state index is 13.2. The van der Waals surface area contributed by atoms with Crippen molar-refractivity contribution in [3.63, 3.8) is 0 Å². The predicted molar refractivity (Wildman–Crippen MR) is 105 cm³/mol. The summed E-state index contributed by atoms with van der Waals surface area (Å²) in [5.74, 6) is -0.555. The third-order valence-electron chi connectivity index (χ3n) is 5.34. The lowest BCUT2D eigenvalue weighted by Crippen LogP contribution is -2.67. The monoisotopic (exact) mass is 440 g/mol. The van der Waals surface area contributed by atoms with E-state index in [4.69, 9.17) is 4.42 Å². The number of fused-ring (bicyclic) bond motifs is 3. The maximum atomic E-state index is 13.2. The van der Waals surface area contributed by atoms with Crippen molar-refractivity contribution in [1.82, 2.24) is 15.3 Å². The van der Waals surface area contributed by atoms with Crippen LogP contribution in [0.25, 0.3) is 21.7 Å². The topological polar surface area (TPSA) is 83.7 Å². The Morgan fingerprint density at radius 1 is 1.30 bits per heavy atom. The molecule has 2 aromatic heterocycles. The first-order chi connectivity index (χ1) is 14.1. The van der Waals surface area contributed by atoms with Crippen molar-refractivity contribution >= 4 is 28.5 Å².